The number of rotatable bonds is 79. The molecule has 0 spiro atoms. The smallest absolute Gasteiger partial charge is 0.462 e. The highest BCUT2D eigenvalue weighted by molar-refractivity contribution is 7.47. The molecule has 0 aliphatic heterocycles. The molecule has 0 heterocycles. The van der Waals surface area contributed by atoms with Crippen molar-refractivity contribution in [3.63, 3.8) is 0 Å². The Morgan fingerprint density at radius 2 is 0.465 bits per heavy atom. The van der Waals surface area contributed by atoms with Crippen molar-refractivity contribution in [3.8, 4) is 0 Å². The van der Waals surface area contributed by atoms with E-state index in [0.29, 0.717) is 25.7 Å². The SMILES string of the molecule is CCCCCCCCCCCCCCCCCCCCCCC(=O)O[C@H](COC(=O)CCCCCCCCCCCCCCCCCCC)COP(=O)(O)OC[C@@H](O)COP(=O)(O)OC[C@@H](COC(=O)CCCCCCCCCCC(C)C)OC(=O)CCCCCCCCCCC(C)C. The molecule has 99 heavy (non-hydrogen) atoms. The van der Waals surface area contributed by atoms with E-state index in [-0.39, 0.29) is 25.7 Å². The van der Waals surface area contributed by atoms with E-state index in [0.717, 1.165) is 102 Å². The van der Waals surface area contributed by atoms with Crippen molar-refractivity contribution in [2.45, 2.75) is 439 Å². The predicted molar refractivity (Wildman–Crippen MR) is 405 cm³/mol. The van der Waals surface area contributed by atoms with Crippen LogP contribution in [0, 0.1) is 11.8 Å². The maximum Gasteiger partial charge on any atom is 0.472 e. The van der Waals surface area contributed by atoms with Crippen LogP contribution in [0.4, 0.5) is 0 Å². The molecule has 588 valence electrons. The lowest BCUT2D eigenvalue weighted by Gasteiger charge is -2.21. The van der Waals surface area contributed by atoms with Crippen molar-refractivity contribution in [2.24, 2.45) is 11.8 Å². The Balaban J connectivity index is 5.22. The fourth-order valence-electron chi connectivity index (χ4n) is 12.4. The highest BCUT2D eigenvalue weighted by atomic mass is 31.2. The lowest BCUT2D eigenvalue weighted by molar-refractivity contribution is -0.161. The van der Waals surface area contributed by atoms with Gasteiger partial charge in [-0.2, -0.15) is 0 Å². The van der Waals surface area contributed by atoms with Gasteiger partial charge in [0.05, 0.1) is 26.4 Å². The number of aliphatic hydroxyl groups excluding tert-OH is 1. The van der Waals surface area contributed by atoms with Crippen molar-refractivity contribution >= 4 is 39.5 Å². The fraction of sp³-hybridized carbons (Fsp3) is 0.950. The van der Waals surface area contributed by atoms with Gasteiger partial charge in [0, 0.05) is 25.7 Å². The molecule has 0 aromatic heterocycles. The van der Waals surface area contributed by atoms with Crippen molar-refractivity contribution in [3.05, 3.63) is 0 Å². The van der Waals surface area contributed by atoms with Gasteiger partial charge < -0.3 is 33.8 Å². The monoisotopic (exact) mass is 1450 g/mol. The van der Waals surface area contributed by atoms with E-state index in [4.69, 9.17) is 37.0 Å². The van der Waals surface area contributed by atoms with E-state index in [1.165, 1.54) is 238 Å². The number of phosphoric acid groups is 2. The second kappa shape index (κ2) is 71.7. The number of ether oxygens (including phenoxy) is 4. The maximum atomic E-state index is 13.1. The molecule has 0 amide bonds. The second-order valence-electron chi connectivity index (χ2n) is 29.8. The summed E-state index contributed by atoms with van der Waals surface area (Å²) in [6.07, 6.45) is 61.3. The van der Waals surface area contributed by atoms with Crippen molar-refractivity contribution < 1.29 is 80.2 Å². The van der Waals surface area contributed by atoms with Crippen molar-refractivity contribution in [2.75, 3.05) is 39.6 Å². The molecule has 19 heteroatoms. The van der Waals surface area contributed by atoms with E-state index in [1.54, 1.807) is 0 Å². The van der Waals surface area contributed by atoms with Crippen LogP contribution >= 0.6 is 15.6 Å². The molecular formula is C80H156O17P2. The summed E-state index contributed by atoms with van der Waals surface area (Å²) in [5.74, 6) is -0.668. The lowest BCUT2D eigenvalue weighted by Crippen LogP contribution is -2.30. The van der Waals surface area contributed by atoms with Gasteiger partial charge in [-0.1, -0.05) is 369 Å². The molecule has 3 N–H and O–H groups in total. The van der Waals surface area contributed by atoms with Gasteiger partial charge in [0.15, 0.2) is 12.2 Å². The molecular weight excluding hydrogens is 1290 g/mol. The molecule has 0 aliphatic carbocycles. The number of carbonyl (C=O) groups is 4. The minimum atomic E-state index is -4.96. The first kappa shape index (κ1) is 97.1. The minimum Gasteiger partial charge on any atom is -0.462 e. The third kappa shape index (κ3) is 74.1. The summed E-state index contributed by atoms with van der Waals surface area (Å²) in [7, 11) is -9.92. The summed E-state index contributed by atoms with van der Waals surface area (Å²) >= 11 is 0. The molecule has 0 saturated heterocycles. The Kier molecular flexibility index (Phi) is 70.3. The zero-order valence-corrected chi connectivity index (χ0v) is 66.6. The molecule has 0 rings (SSSR count). The van der Waals surface area contributed by atoms with E-state index in [1.807, 2.05) is 0 Å². The molecule has 2 unspecified atom stereocenters. The number of unbranched alkanes of at least 4 members (excludes halogenated alkanes) is 49. The second-order valence-corrected chi connectivity index (χ2v) is 32.7. The summed E-state index contributed by atoms with van der Waals surface area (Å²) in [5.41, 5.74) is 0. The average Bonchev–Trinajstić information content (AvgIpc) is 1.06. The number of hydrogen-bond acceptors (Lipinski definition) is 15. The Labute approximate surface area is 607 Å². The molecule has 5 atom stereocenters. The molecule has 0 radical (unpaired) electrons. The standard InChI is InChI=1S/C80H156O17P2/c1-7-9-11-13-15-17-19-21-23-25-26-27-29-31-33-35-37-46-52-58-64-79(84)96-75(68-90-77(82)62-56-50-44-36-34-32-30-28-24-22-20-18-16-14-12-10-8-2)70-94-98(86,87)92-66-74(81)67-93-99(88,89)95-71-76(97-80(85)65-59-53-47-41-39-43-49-55-61-73(5)6)69-91-78(83)63-57-51-45-40-38-42-48-54-60-72(3)4/h72-76,81H,7-71H2,1-6H3,(H,86,87)(H,88,89)/t74-,75-,76-/m1/s1. The zero-order valence-electron chi connectivity index (χ0n) is 64.8. The summed E-state index contributed by atoms with van der Waals surface area (Å²) in [6, 6.07) is 0. The number of hydrogen-bond donors (Lipinski definition) is 3. The first-order chi connectivity index (χ1) is 47.9. The van der Waals surface area contributed by atoms with Gasteiger partial charge in [-0.3, -0.25) is 37.3 Å². The molecule has 0 fully saturated rings. The Morgan fingerprint density at radius 3 is 0.687 bits per heavy atom. The van der Waals surface area contributed by atoms with Crippen LogP contribution in [0.15, 0.2) is 0 Å². The molecule has 17 nitrogen and oxygen atoms in total. The maximum absolute atomic E-state index is 13.1. The Hall–Kier alpha value is -1.94. The van der Waals surface area contributed by atoms with Crippen molar-refractivity contribution in [1.82, 2.24) is 0 Å². The first-order valence-electron chi connectivity index (χ1n) is 41.5. The minimum absolute atomic E-state index is 0.104. The van der Waals surface area contributed by atoms with Crippen LogP contribution in [-0.2, 0) is 65.4 Å². The third-order valence-corrected chi connectivity index (χ3v) is 20.6. The largest absolute Gasteiger partial charge is 0.472 e. The van der Waals surface area contributed by atoms with E-state index in [2.05, 4.69) is 41.5 Å². The van der Waals surface area contributed by atoms with Gasteiger partial charge in [-0.25, -0.2) is 9.13 Å². The van der Waals surface area contributed by atoms with Crippen LogP contribution in [0.25, 0.3) is 0 Å². The summed E-state index contributed by atoms with van der Waals surface area (Å²) < 4.78 is 68.6. The summed E-state index contributed by atoms with van der Waals surface area (Å²) in [5, 5.41) is 10.6. The summed E-state index contributed by atoms with van der Waals surface area (Å²) in [6.45, 7) is 9.55. The van der Waals surface area contributed by atoms with Gasteiger partial charge in [-0.15, -0.1) is 0 Å². The third-order valence-electron chi connectivity index (χ3n) is 18.7. The molecule has 0 aliphatic rings. The number of esters is 4. The fourth-order valence-corrected chi connectivity index (χ4v) is 13.9. The molecule has 0 aromatic carbocycles. The molecule has 0 bridgehead atoms. The van der Waals surface area contributed by atoms with Crippen LogP contribution in [0.3, 0.4) is 0 Å². The molecule has 0 aromatic rings. The van der Waals surface area contributed by atoms with Gasteiger partial charge >= 0.3 is 39.5 Å². The molecule has 0 saturated carbocycles. The van der Waals surface area contributed by atoms with E-state index < -0.39 is 97.5 Å². The lowest BCUT2D eigenvalue weighted by atomic mass is 10.0. The highest BCUT2D eigenvalue weighted by Crippen LogP contribution is 2.45. The quantitative estimate of drug-likeness (QED) is 0.0222. The Morgan fingerprint density at radius 1 is 0.273 bits per heavy atom. The van der Waals surface area contributed by atoms with Gasteiger partial charge in [0.25, 0.3) is 0 Å². The van der Waals surface area contributed by atoms with Crippen LogP contribution in [-0.4, -0.2) is 96.7 Å². The average molecular weight is 1450 g/mol. The van der Waals surface area contributed by atoms with Crippen LogP contribution in [0.5, 0.6) is 0 Å². The number of phosphoric ester groups is 2. The number of carbonyl (C=O) groups excluding carboxylic acids is 4. The van der Waals surface area contributed by atoms with Gasteiger partial charge in [0.2, 0.25) is 0 Å². The predicted octanol–water partition coefficient (Wildman–Crippen LogP) is 23.9. The van der Waals surface area contributed by atoms with Gasteiger partial charge in [0.1, 0.15) is 19.3 Å². The zero-order chi connectivity index (χ0) is 72.8. The van der Waals surface area contributed by atoms with Crippen LogP contribution < -0.4 is 0 Å². The van der Waals surface area contributed by atoms with Crippen LogP contribution in [0.2, 0.25) is 0 Å². The van der Waals surface area contributed by atoms with Crippen molar-refractivity contribution in [1.29, 1.82) is 0 Å². The topological polar surface area (TPSA) is 237 Å². The first-order valence-corrected chi connectivity index (χ1v) is 44.5. The normalized spacial score (nSPS) is 13.9. The van der Waals surface area contributed by atoms with E-state index >= 15 is 0 Å². The van der Waals surface area contributed by atoms with Crippen LogP contribution in [0.1, 0.15) is 420 Å². The Bertz CT molecular complexity index is 1910. The number of aliphatic hydroxyl groups is 1. The van der Waals surface area contributed by atoms with Gasteiger partial charge in [-0.05, 0) is 37.5 Å². The van der Waals surface area contributed by atoms with E-state index in [9.17, 15) is 43.2 Å². The summed E-state index contributed by atoms with van der Waals surface area (Å²) in [4.78, 5) is 72.9. The highest BCUT2D eigenvalue weighted by Gasteiger charge is 2.30.